The number of nitrogens with one attached hydrogen (secondary N) is 1. The molecule has 2 amide bonds. The lowest BCUT2D eigenvalue weighted by molar-refractivity contribution is -0.121. The van der Waals surface area contributed by atoms with Gasteiger partial charge in [0, 0.05) is 24.2 Å². The van der Waals surface area contributed by atoms with Crippen molar-refractivity contribution in [1.29, 1.82) is 0 Å². The summed E-state index contributed by atoms with van der Waals surface area (Å²) in [7, 11) is -3.71. The third-order valence-electron chi connectivity index (χ3n) is 6.18. The van der Waals surface area contributed by atoms with E-state index in [0.29, 0.717) is 35.7 Å². The molecule has 0 spiro atoms. The second-order valence-corrected chi connectivity index (χ2v) is 10.5. The Bertz CT molecular complexity index is 1260. The number of hydrogen-bond donors (Lipinski definition) is 1. The highest BCUT2D eigenvalue weighted by Crippen LogP contribution is 2.35. The summed E-state index contributed by atoms with van der Waals surface area (Å²) in [4.78, 5) is 26.9. The zero-order valence-electron chi connectivity index (χ0n) is 18.4. The van der Waals surface area contributed by atoms with Crippen molar-refractivity contribution < 1.29 is 31.9 Å². The molecule has 0 atom stereocenters. The van der Waals surface area contributed by atoms with E-state index >= 15 is 0 Å². The van der Waals surface area contributed by atoms with E-state index < -0.39 is 27.7 Å². The Hall–Kier alpha value is -3.02. The van der Waals surface area contributed by atoms with Crippen LogP contribution in [0.5, 0.6) is 5.75 Å². The Kier molecular flexibility index (Phi) is 6.00. The summed E-state index contributed by atoms with van der Waals surface area (Å²) in [5, 5.41) is 2.67. The number of rotatable bonds is 4. The summed E-state index contributed by atoms with van der Waals surface area (Å²) < 4.78 is 52.3. The first-order chi connectivity index (χ1) is 16.3. The molecule has 0 unspecified atom stereocenters. The molecule has 0 bridgehead atoms. The predicted octanol–water partition coefficient (Wildman–Crippen LogP) is 2.39. The van der Waals surface area contributed by atoms with Crippen LogP contribution in [-0.2, 0) is 37.4 Å². The van der Waals surface area contributed by atoms with Crippen LogP contribution in [0.25, 0.3) is 0 Å². The fraction of sp³-hybridized carbons (Fsp3) is 0.391. The van der Waals surface area contributed by atoms with Crippen molar-refractivity contribution in [3.8, 4) is 5.75 Å². The monoisotopic (exact) mass is 489 g/mol. The minimum absolute atomic E-state index is 0.00302. The summed E-state index contributed by atoms with van der Waals surface area (Å²) in [6, 6.07) is 6.90. The number of sulfonamides is 1. The summed E-state index contributed by atoms with van der Waals surface area (Å²) in [5.41, 5.74) is 1.50. The molecule has 3 heterocycles. The lowest BCUT2D eigenvalue weighted by atomic mass is 10.0. The summed E-state index contributed by atoms with van der Waals surface area (Å²) in [5.74, 6) is -0.990. The maximum Gasteiger partial charge on any atom is 0.244 e. The van der Waals surface area contributed by atoms with Crippen LogP contribution in [0.2, 0.25) is 0 Å². The number of halogens is 1. The minimum Gasteiger partial charge on any atom is -0.467 e. The molecule has 180 valence electrons. The first-order valence-electron chi connectivity index (χ1n) is 11.1. The molecule has 9 nitrogen and oxygen atoms in total. The number of carbonyl (C=O) groups excluding carboxylic acids is 2. The van der Waals surface area contributed by atoms with Gasteiger partial charge < -0.3 is 19.7 Å². The topological polar surface area (TPSA) is 105 Å². The van der Waals surface area contributed by atoms with Gasteiger partial charge in [0.15, 0.2) is 6.79 Å². The van der Waals surface area contributed by atoms with Crippen LogP contribution in [0, 0.1) is 5.82 Å². The van der Waals surface area contributed by atoms with Gasteiger partial charge in [-0.15, -0.1) is 0 Å². The van der Waals surface area contributed by atoms with E-state index in [4.69, 9.17) is 9.47 Å². The van der Waals surface area contributed by atoms with E-state index in [1.807, 2.05) is 0 Å². The van der Waals surface area contributed by atoms with Gasteiger partial charge in [-0.3, -0.25) is 9.59 Å². The highest BCUT2D eigenvalue weighted by atomic mass is 32.2. The van der Waals surface area contributed by atoms with Gasteiger partial charge in [-0.2, -0.15) is 4.31 Å². The Morgan fingerprint density at radius 2 is 1.91 bits per heavy atom. The zero-order chi connectivity index (χ0) is 23.9. The van der Waals surface area contributed by atoms with Gasteiger partial charge in [0.1, 0.15) is 18.1 Å². The van der Waals surface area contributed by atoms with Crippen molar-refractivity contribution in [3.63, 3.8) is 0 Å². The maximum absolute atomic E-state index is 14.1. The molecule has 2 aromatic carbocycles. The average molecular weight is 490 g/mol. The molecule has 3 aliphatic rings. The normalized spacial score (nSPS) is 18.5. The number of carbonyl (C=O) groups is 2. The summed E-state index contributed by atoms with van der Waals surface area (Å²) in [6.45, 7) is 0.870. The number of hydrogen-bond acceptors (Lipinski definition) is 6. The highest BCUT2D eigenvalue weighted by molar-refractivity contribution is 7.89. The van der Waals surface area contributed by atoms with E-state index in [9.17, 15) is 22.4 Å². The van der Waals surface area contributed by atoms with Crippen LogP contribution in [0.1, 0.15) is 30.4 Å². The molecular weight excluding hydrogens is 465 g/mol. The molecule has 1 fully saturated rings. The summed E-state index contributed by atoms with van der Waals surface area (Å²) >= 11 is 0. The number of amides is 2. The molecule has 34 heavy (non-hydrogen) atoms. The smallest absolute Gasteiger partial charge is 0.244 e. The quantitative estimate of drug-likeness (QED) is 0.707. The number of fused-ring (bicyclic) bond motifs is 2. The minimum atomic E-state index is -3.71. The molecule has 0 aromatic heterocycles. The molecule has 11 heteroatoms. The lowest BCUT2D eigenvalue weighted by Crippen LogP contribution is -2.43. The maximum atomic E-state index is 14.1. The summed E-state index contributed by atoms with van der Waals surface area (Å²) in [6.07, 6.45) is 2.42. The molecule has 0 saturated carbocycles. The molecule has 0 aliphatic carbocycles. The lowest BCUT2D eigenvalue weighted by Gasteiger charge is -2.31. The van der Waals surface area contributed by atoms with E-state index in [2.05, 4.69) is 5.32 Å². The second kappa shape index (κ2) is 8.97. The SMILES string of the molecule is O=C1CN(C(=O)Cc2cc(F)cc3c2OCOC3)c2ccc(S(=O)(=O)N3CCCCC3)cc2N1. The number of ether oxygens (including phenoxy) is 2. The van der Waals surface area contributed by atoms with Crippen LogP contribution in [0.15, 0.2) is 35.2 Å². The Morgan fingerprint density at radius 1 is 1.12 bits per heavy atom. The van der Waals surface area contributed by atoms with Crippen molar-refractivity contribution >= 4 is 33.2 Å². The van der Waals surface area contributed by atoms with Crippen LogP contribution >= 0.6 is 0 Å². The number of benzene rings is 2. The zero-order valence-corrected chi connectivity index (χ0v) is 19.2. The molecule has 1 N–H and O–H groups in total. The average Bonchev–Trinajstić information content (AvgIpc) is 2.83. The fourth-order valence-electron chi connectivity index (χ4n) is 4.55. The van der Waals surface area contributed by atoms with Gasteiger partial charge in [0.25, 0.3) is 0 Å². The van der Waals surface area contributed by atoms with Crippen molar-refractivity contribution in [2.75, 3.05) is 36.6 Å². The number of piperidine rings is 1. The van der Waals surface area contributed by atoms with Gasteiger partial charge in [0.2, 0.25) is 21.8 Å². The van der Waals surface area contributed by atoms with Gasteiger partial charge in [-0.25, -0.2) is 12.8 Å². The first-order valence-corrected chi connectivity index (χ1v) is 12.5. The van der Waals surface area contributed by atoms with Crippen molar-refractivity contribution in [2.45, 2.75) is 37.2 Å². The van der Waals surface area contributed by atoms with Crippen LogP contribution in [0.4, 0.5) is 15.8 Å². The van der Waals surface area contributed by atoms with Crippen molar-refractivity contribution in [3.05, 3.63) is 47.3 Å². The van der Waals surface area contributed by atoms with Gasteiger partial charge >= 0.3 is 0 Å². The molecule has 1 saturated heterocycles. The second-order valence-electron chi connectivity index (χ2n) is 8.51. The van der Waals surface area contributed by atoms with E-state index in [-0.39, 0.29) is 36.9 Å². The van der Waals surface area contributed by atoms with Crippen molar-refractivity contribution in [1.82, 2.24) is 4.31 Å². The standard InChI is InChI=1S/C23H24FN3O6S/c24-17-8-15(23-16(9-17)13-32-14-33-23)10-22(29)27-12-21(28)25-19-11-18(4-5-20(19)27)34(30,31)26-6-2-1-3-7-26/h4-5,8-9,11H,1-3,6-7,10,12-14H2,(H,25,28). The fourth-order valence-corrected chi connectivity index (χ4v) is 6.10. The molecule has 3 aliphatic heterocycles. The molecule has 2 aromatic rings. The largest absolute Gasteiger partial charge is 0.467 e. The van der Waals surface area contributed by atoms with Crippen LogP contribution in [-0.4, -0.2) is 51.0 Å². The predicted molar refractivity (Wildman–Crippen MR) is 120 cm³/mol. The van der Waals surface area contributed by atoms with E-state index in [1.54, 1.807) is 0 Å². The Balaban J connectivity index is 1.43. The number of anilines is 2. The molecule has 5 rings (SSSR count). The van der Waals surface area contributed by atoms with E-state index in [0.717, 1.165) is 19.3 Å². The first kappa shape index (κ1) is 22.8. The number of nitrogens with zero attached hydrogens (tertiary/aromatic N) is 2. The molecule has 0 radical (unpaired) electrons. The van der Waals surface area contributed by atoms with Gasteiger partial charge in [0.05, 0.1) is 29.3 Å². The van der Waals surface area contributed by atoms with Gasteiger partial charge in [-0.05, 0) is 43.2 Å². The third kappa shape index (κ3) is 4.26. The van der Waals surface area contributed by atoms with Crippen LogP contribution in [0.3, 0.4) is 0 Å². The van der Waals surface area contributed by atoms with Crippen LogP contribution < -0.4 is 15.0 Å². The molecular formula is C23H24FN3O6S. The highest BCUT2D eigenvalue weighted by Gasteiger charge is 2.32. The Morgan fingerprint density at radius 3 is 2.71 bits per heavy atom. The van der Waals surface area contributed by atoms with Crippen molar-refractivity contribution in [2.24, 2.45) is 0 Å². The third-order valence-corrected chi connectivity index (χ3v) is 8.08. The van der Waals surface area contributed by atoms with E-state index in [1.165, 1.54) is 39.5 Å². The Labute approximate surface area is 196 Å². The van der Waals surface area contributed by atoms with Gasteiger partial charge in [-0.1, -0.05) is 6.42 Å².